The van der Waals surface area contributed by atoms with E-state index < -0.39 is 27.4 Å². The van der Waals surface area contributed by atoms with E-state index in [1.807, 2.05) is 6.92 Å². The van der Waals surface area contributed by atoms with Crippen LogP contribution >= 0.6 is 11.6 Å². The molecule has 0 aliphatic rings. The van der Waals surface area contributed by atoms with E-state index in [-0.39, 0.29) is 26.9 Å². The smallest absolute Gasteiger partial charge is 0.270 e. The van der Waals surface area contributed by atoms with E-state index in [0.29, 0.717) is 12.4 Å². The van der Waals surface area contributed by atoms with Crippen molar-refractivity contribution in [2.75, 3.05) is 17.5 Å². The standard InChI is InChI=1S/C23H21ClN4O6S/c1-2-34-20-9-11-21(12-10-20)35(32,33)27(18-6-4-3-5-7-18)16-23(29)26-25-15-17-14-19(28(30)31)8-13-22(17)24/h3-15H,2,16H2,1H3,(H,26,29). The molecule has 0 spiro atoms. The summed E-state index contributed by atoms with van der Waals surface area (Å²) in [7, 11) is -4.11. The van der Waals surface area contributed by atoms with Crippen LogP contribution in [0.1, 0.15) is 12.5 Å². The van der Waals surface area contributed by atoms with Crippen molar-refractivity contribution < 1.29 is 22.9 Å². The number of para-hydroxylation sites is 1. The molecule has 0 saturated carbocycles. The molecule has 10 nitrogen and oxygen atoms in total. The Balaban J connectivity index is 1.81. The highest BCUT2D eigenvalue weighted by molar-refractivity contribution is 7.92. The molecule has 0 unspecified atom stereocenters. The SMILES string of the molecule is CCOc1ccc(S(=O)(=O)N(CC(=O)NN=Cc2cc([N+](=O)[O-])ccc2Cl)c2ccccc2)cc1. The second kappa shape index (κ2) is 11.4. The normalized spacial score (nSPS) is 11.3. The van der Waals surface area contributed by atoms with Crippen LogP contribution in [0.2, 0.25) is 5.02 Å². The Kier molecular flexibility index (Phi) is 8.39. The number of halogens is 1. The minimum atomic E-state index is -4.11. The Labute approximate surface area is 207 Å². The van der Waals surface area contributed by atoms with E-state index in [0.717, 1.165) is 10.5 Å². The number of benzene rings is 3. The number of nitrogens with zero attached hydrogens (tertiary/aromatic N) is 3. The summed E-state index contributed by atoms with van der Waals surface area (Å²) in [4.78, 5) is 22.9. The number of non-ortho nitro benzene ring substituents is 1. The fraction of sp³-hybridized carbons (Fsp3) is 0.130. The van der Waals surface area contributed by atoms with Crippen molar-refractivity contribution in [3.05, 3.63) is 93.5 Å². The molecule has 0 aliphatic heterocycles. The third kappa shape index (κ3) is 6.55. The van der Waals surface area contributed by atoms with Gasteiger partial charge in [-0.25, -0.2) is 13.8 Å². The van der Waals surface area contributed by atoms with Crippen LogP contribution in [0.3, 0.4) is 0 Å². The molecular formula is C23H21ClN4O6S. The number of nitro groups is 1. The lowest BCUT2D eigenvalue weighted by Gasteiger charge is -2.23. The number of hydrazone groups is 1. The zero-order valence-corrected chi connectivity index (χ0v) is 20.1. The van der Waals surface area contributed by atoms with Gasteiger partial charge in [0.15, 0.2) is 0 Å². The van der Waals surface area contributed by atoms with Crippen LogP contribution in [0, 0.1) is 10.1 Å². The van der Waals surface area contributed by atoms with Gasteiger partial charge in [-0.05, 0) is 49.4 Å². The van der Waals surface area contributed by atoms with Crippen molar-refractivity contribution in [1.82, 2.24) is 5.43 Å². The van der Waals surface area contributed by atoms with E-state index in [1.54, 1.807) is 30.3 Å². The Bertz CT molecular complexity index is 1330. The van der Waals surface area contributed by atoms with Gasteiger partial charge in [-0.1, -0.05) is 29.8 Å². The quantitative estimate of drug-likeness (QED) is 0.246. The van der Waals surface area contributed by atoms with Gasteiger partial charge in [-0.3, -0.25) is 19.2 Å². The number of anilines is 1. The van der Waals surface area contributed by atoms with Crippen molar-refractivity contribution >= 4 is 45.1 Å². The largest absolute Gasteiger partial charge is 0.494 e. The summed E-state index contributed by atoms with van der Waals surface area (Å²) in [5.74, 6) is -0.217. The number of hydrogen-bond donors (Lipinski definition) is 1. The van der Waals surface area contributed by atoms with Gasteiger partial charge in [-0.2, -0.15) is 5.10 Å². The van der Waals surface area contributed by atoms with Gasteiger partial charge in [0, 0.05) is 22.7 Å². The summed E-state index contributed by atoms with van der Waals surface area (Å²) in [6.45, 7) is 1.68. The van der Waals surface area contributed by atoms with E-state index in [4.69, 9.17) is 16.3 Å². The lowest BCUT2D eigenvalue weighted by molar-refractivity contribution is -0.384. The zero-order valence-electron chi connectivity index (χ0n) is 18.5. The van der Waals surface area contributed by atoms with Crippen LogP contribution in [-0.4, -0.2) is 38.6 Å². The molecule has 3 aromatic rings. The minimum Gasteiger partial charge on any atom is -0.494 e. The summed E-state index contributed by atoms with van der Waals surface area (Å²) < 4.78 is 33.0. The Morgan fingerprint density at radius 2 is 1.83 bits per heavy atom. The Morgan fingerprint density at radius 3 is 2.46 bits per heavy atom. The number of amides is 1. The lowest BCUT2D eigenvalue weighted by Crippen LogP contribution is -2.39. The first-order valence-corrected chi connectivity index (χ1v) is 12.1. The summed E-state index contributed by atoms with van der Waals surface area (Å²) in [5, 5.41) is 14.9. The summed E-state index contributed by atoms with van der Waals surface area (Å²) in [6, 6.07) is 17.8. The predicted molar refractivity (Wildman–Crippen MR) is 132 cm³/mol. The average Bonchev–Trinajstić information content (AvgIpc) is 2.84. The number of nitro benzene ring substituents is 1. The van der Waals surface area contributed by atoms with Crippen molar-refractivity contribution in [2.24, 2.45) is 5.10 Å². The third-order valence-electron chi connectivity index (χ3n) is 4.64. The molecule has 0 fully saturated rings. The second-order valence-electron chi connectivity index (χ2n) is 7.01. The van der Waals surface area contributed by atoms with Gasteiger partial charge in [0.25, 0.3) is 21.6 Å². The number of carbonyl (C=O) groups excluding carboxylic acids is 1. The maximum atomic E-state index is 13.4. The molecule has 0 atom stereocenters. The van der Waals surface area contributed by atoms with Gasteiger partial charge in [-0.15, -0.1) is 0 Å². The highest BCUT2D eigenvalue weighted by Crippen LogP contribution is 2.25. The van der Waals surface area contributed by atoms with Crippen LogP contribution in [0.4, 0.5) is 11.4 Å². The van der Waals surface area contributed by atoms with Crippen molar-refractivity contribution in [1.29, 1.82) is 0 Å². The molecule has 3 rings (SSSR count). The van der Waals surface area contributed by atoms with Crippen molar-refractivity contribution in [3.8, 4) is 5.75 Å². The predicted octanol–water partition coefficient (Wildman–Crippen LogP) is 3.99. The summed E-state index contributed by atoms with van der Waals surface area (Å²) in [5.41, 5.74) is 2.53. The monoisotopic (exact) mass is 516 g/mol. The molecule has 182 valence electrons. The topological polar surface area (TPSA) is 131 Å². The van der Waals surface area contributed by atoms with Crippen molar-refractivity contribution in [2.45, 2.75) is 11.8 Å². The molecule has 0 aromatic heterocycles. The summed E-state index contributed by atoms with van der Waals surface area (Å²) in [6.07, 6.45) is 1.14. The maximum Gasteiger partial charge on any atom is 0.270 e. The van der Waals surface area contributed by atoms with Gasteiger partial charge in [0.1, 0.15) is 12.3 Å². The van der Waals surface area contributed by atoms with E-state index in [1.165, 1.54) is 42.5 Å². The van der Waals surface area contributed by atoms with E-state index in [9.17, 15) is 23.3 Å². The fourth-order valence-electron chi connectivity index (χ4n) is 2.99. The molecule has 0 radical (unpaired) electrons. The Morgan fingerprint density at radius 1 is 1.14 bits per heavy atom. The molecule has 1 amide bonds. The van der Waals surface area contributed by atoms with E-state index >= 15 is 0 Å². The summed E-state index contributed by atoms with van der Waals surface area (Å²) >= 11 is 6.02. The number of hydrogen-bond acceptors (Lipinski definition) is 7. The number of sulfonamides is 1. The maximum absolute atomic E-state index is 13.4. The third-order valence-corrected chi connectivity index (χ3v) is 6.77. The van der Waals surface area contributed by atoms with Gasteiger partial charge >= 0.3 is 0 Å². The molecule has 0 bridgehead atoms. The van der Waals surface area contributed by atoms with Gasteiger partial charge in [0.05, 0.1) is 28.3 Å². The van der Waals surface area contributed by atoms with Gasteiger partial charge in [0.2, 0.25) is 0 Å². The van der Waals surface area contributed by atoms with Crippen molar-refractivity contribution in [3.63, 3.8) is 0 Å². The highest BCUT2D eigenvalue weighted by Gasteiger charge is 2.27. The number of carbonyl (C=O) groups is 1. The molecule has 0 heterocycles. The van der Waals surface area contributed by atoms with E-state index in [2.05, 4.69) is 10.5 Å². The first-order chi connectivity index (χ1) is 16.7. The van der Waals surface area contributed by atoms with Crippen LogP contribution in [0.25, 0.3) is 0 Å². The molecule has 0 aliphatic carbocycles. The zero-order chi connectivity index (χ0) is 25.4. The molecule has 3 aromatic carbocycles. The van der Waals surface area contributed by atoms with Crippen LogP contribution in [0.15, 0.2) is 82.8 Å². The fourth-order valence-corrected chi connectivity index (χ4v) is 4.58. The number of nitrogens with one attached hydrogen (secondary N) is 1. The number of rotatable bonds is 10. The molecular weight excluding hydrogens is 496 g/mol. The highest BCUT2D eigenvalue weighted by atomic mass is 35.5. The molecule has 35 heavy (non-hydrogen) atoms. The van der Waals surface area contributed by atoms with Crippen LogP contribution in [0.5, 0.6) is 5.75 Å². The Hall–Kier alpha value is -3.96. The minimum absolute atomic E-state index is 0.0236. The van der Waals surface area contributed by atoms with Crippen LogP contribution in [-0.2, 0) is 14.8 Å². The number of ether oxygens (including phenoxy) is 1. The lowest BCUT2D eigenvalue weighted by atomic mass is 10.2. The first kappa shape index (κ1) is 25.7. The molecule has 1 N–H and O–H groups in total. The average molecular weight is 517 g/mol. The first-order valence-electron chi connectivity index (χ1n) is 10.3. The molecule has 12 heteroatoms. The second-order valence-corrected chi connectivity index (χ2v) is 9.28. The van der Waals surface area contributed by atoms with Crippen LogP contribution < -0.4 is 14.5 Å². The van der Waals surface area contributed by atoms with Gasteiger partial charge < -0.3 is 4.74 Å². The molecule has 0 saturated heterocycles.